The van der Waals surface area contributed by atoms with E-state index in [-0.39, 0.29) is 0 Å². The Morgan fingerprint density at radius 2 is 1.09 bits per heavy atom. The van der Waals surface area contributed by atoms with Gasteiger partial charge in [0.15, 0.2) is 0 Å². The van der Waals surface area contributed by atoms with E-state index in [0.717, 1.165) is 48.5 Å². The standard InChI is InChI=1S/C33H57FO/c1-3-4-23-35-33-21-11-27(12-22-33)6-5-26-7-13-29(14-8-26)31-17-19-32(20-18-31)30-15-9-28(10-16-30)24-25(2)34/h5-6,25-33H,3-4,7-24H2,1-2H3/b6-5+. The predicted molar refractivity (Wildman–Crippen MR) is 147 cm³/mol. The van der Waals surface area contributed by atoms with E-state index >= 15 is 0 Å². The highest BCUT2D eigenvalue weighted by molar-refractivity contribution is 4.97. The van der Waals surface area contributed by atoms with Crippen molar-refractivity contribution >= 4 is 0 Å². The summed E-state index contributed by atoms with van der Waals surface area (Å²) in [7, 11) is 0. The molecule has 2 heteroatoms. The van der Waals surface area contributed by atoms with E-state index in [1.165, 1.54) is 116 Å². The lowest BCUT2D eigenvalue weighted by Gasteiger charge is -2.41. The highest BCUT2D eigenvalue weighted by Gasteiger charge is 2.34. The highest BCUT2D eigenvalue weighted by Crippen LogP contribution is 2.46. The number of halogens is 1. The number of hydrogen-bond donors (Lipinski definition) is 0. The van der Waals surface area contributed by atoms with Crippen LogP contribution in [0.2, 0.25) is 0 Å². The van der Waals surface area contributed by atoms with Crippen molar-refractivity contribution in [3.05, 3.63) is 12.2 Å². The SMILES string of the molecule is CCCCOC1CCC(/C=C/C2CCC(C3CCC(C4CCC(CC(C)F)CC4)CC3)CC2)CC1. The van der Waals surface area contributed by atoms with Crippen molar-refractivity contribution < 1.29 is 9.13 Å². The molecule has 0 aliphatic heterocycles. The number of rotatable bonds is 10. The van der Waals surface area contributed by atoms with E-state index in [4.69, 9.17) is 4.74 Å². The molecule has 0 amide bonds. The van der Waals surface area contributed by atoms with Gasteiger partial charge in [-0.25, -0.2) is 4.39 Å². The van der Waals surface area contributed by atoms with Crippen molar-refractivity contribution in [2.24, 2.45) is 41.4 Å². The zero-order valence-corrected chi connectivity index (χ0v) is 23.3. The molecule has 0 heterocycles. The second kappa shape index (κ2) is 14.5. The maximum Gasteiger partial charge on any atom is 0.0976 e. The Morgan fingerprint density at radius 3 is 1.54 bits per heavy atom. The minimum absolute atomic E-state index is 0.539. The van der Waals surface area contributed by atoms with Crippen LogP contribution in [-0.2, 0) is 4.74 Å². The molecule has 0 spiro atoms. The molecular formula is C33H57FO. The van der Waals surface area contributed by atoms with E-state index in [2.05, 4.69) is 19.1 Å². The first kappa shape index (κ1) is 27.7. The third kappa shape index (κ3) is 8.86. The zero-order chi connectivity index (χ0) is 24.5. The third-order valence-corrected chi connectivity index (χ3v) is 10.7. The first-order valence-electron chi connectivity index (χ1n) is 16.0. The summed E-state index contributed by atoms with van der Waals surface area (Å²) < 4.78 is 19.4. The van der Waals surface area contributed by atoms with Gasteiger partial charge in [0.1, 0.15) is 0 Å². The van der Waals surface area contributed by atoms with Crippen LogP contribution in [0.25, 0.3) is 0 Å². The van der Waals surface area contributed by atoms with Gasteiger partial charge in [0.25, 0.3) is 0 Å². The summed E-state index contributed by atoms with van der Waals surface area (Å²) in [5.74, 6) is 6.31. The van der Waals surface area contributed by atoms with E-state index < -0.39 is 6.17 Å². The molecule has 4 saturated carbocycles. The minimum Gasteiger partial charge on any atom is -0.378 e. The van der Waals surface area contributed by atoms with Gasteiger partial charge in [-0.05, 0) is 151 Å². The Bertz CT molecular complexity index is 582. The van der Waals surface area contributed by atoms with Crippen LogP contribution in [0.5, 0.6) is 0 Å². The average molecular weight is 489 g/mol. The zero-order valence-electron chi connectivity index (χ0n) is 23.3. The highest BCUT2D eigenvalue weighted by atomic mass is 19.1. The molecule has 0 aromatic rings. The molecule has 1 nitrogen and oxygen atoms in total. The number of ether oxygens (including phenoxy) is 1. The van der Waals surface area contributed by atoms with Gasteiger partial charge < -0.3 is 4.74 Å². The molecule has 4 rings (SSSR count). The van der Waals surface area contributed by atoms with Crippen molar-refractivity contribution in [2.75, 3.05) is 6.61 Å². The maximum atomic E-state index is 13.4. The molecule has 0 bridgehead atoms. The van der Waals surface area contributed by atoms with Gasteiger partial charge >= 0.3 is 0 Å². The van der Waals surface area contributed by atoms with Crippen LogP contribution in [0.15, 0.2) is 12.2 Å². The number of unbranched alkanes of at least 4 members (excludes halogenated alkanes) is 1. The molecule has 0 aromatic carbocycles. The molecule has 0 radical (unpaired) electrons. The topological polar surface area (TPSA) is 9.23 Å². The van der Waals surface area contributed by atoms with Crippen LogP contribution >= 0.6 is 0 Å². The first-order chi connectivity index (χ1) is 17.1. The lowest BCUT2D eigenvalue weighted by atomic mass is 9.65. The summed E-state index contributed by atoms with van der Waals surface area (Å²) in [6.07, 6.45) is 30.8. The molecule has 4 aliphatic rings. The minimum atomic E-state index is -0.604. The smallest absolute Gasteiger partial charge is 0.0976 e. The Morgan fingerprint density at radius 1 is 0.657 bits per heavy atom. The first-order valence-corrected chi connectivity index (χ1v) is 16.0. The lowest BCUT2D eigenvalue weighted by molar-refractivity contribution is 0.0208. The molecule has 202 valence electrons. The van der Waals surface area contributed by atoms with Gasteiger partial charge in [-0.3, -0.25) is 0 Å². The Balaban J connectivity index is 1.08. The van der Waals surface area contributed by atoms with Gasteiger partial charge in [0.2, 0.25) is 0 Å². The fourth-order valence-corrected chi connectivity index (χ4v) is 8.41. The van der Waals surface area contributed by atoms with Crippen molar-refractivity contribution in [3.63, 3.8) is 0 Å². The maximum absolute atomic E-state index is 13.4. The van der Waals surface area contributed by atoms with Crippen LogP contribution in [-0.4, -0.2) is 18.9 Å². The number of allylic oxidation sites excluding steroid dienone is 2. The van der Waals surface area contributed by atoms with Crippen LogP contribution in [0, 0.1) is 41.4 Å². The molecular weight excluding hydrogens is 431 g/mol. The van der Waals surface area contributed by atoms with Crippen LogP contribution in [0.3, 0.4) is 0 Å². The van der Waals surface area contributed by atoms with E-state index in [1.807, 2.05) is 0 Å². The van der Waals surface area contributed by atoms with Gasteiger partial charge in [0, 0.05) is 6.61 Å². The normalized spacial score (nSPS) is 40.1. The molecule has 1 unspecified atom stereocenters. The van der Waals surface area contributed by atoms with Crippen LogP contribution < -0.4 is 0 Å². The van der Waals surface area contributed by atoms with Crippen molar-refractivity contribution in [1.29, 1.82) is 0 Å². The third-order valence-electron chi connectivity index (χ3n) is 10.7. The second-order valence-electron chi connectivity index (χ2n) is 13.3. The van der Waals surface area contributed by atoms with Crippen LogP contribution in [0.4, 0.5) is 4.39 Å². The van der Waals surface area contributed by atoms with Gasteiger partial charge in [0.05, 0.1) is 12.3 Å². The second-order valence-corrected chi connectivity index (χ2v) is 13.3. The fourth-order valence-electron chi connectivity index (χ4n) is 8.41. The molecule has 35 heavy (non-hydrogen) atoms. The summed E-state index contributed by atoms with van der Waals surface area (Å²) >= 11 is 0. The Labute approximate surface area is 217 Å². The Hall–Kier alpha value is -0.370. The molecule has 0 saturated heterocycles. The predicted octanol–water partition coefficient (Wildman–Crippen LogP) is 10.1. The Kier molecular flexibility index (Phi) is 11.5. The van der Waals surface area contributed by atoms with E-state index in [9.17, 15) is 4.39 Å². The summed E-state index contributed by atoms with van der Waals surface area (Å²) in [5.41, 5.74) is 0. The molecule has 0 aromatic heterocycles. The fraction of sp³-hybridized carbons (Fsp3) is 0.939. The largest absolute Gasteiger partial charge is 0.378 e. The van der Waals surface area contributed by atoms with E-state index in [0.29, 0.717) is 12.0 Å². The molecule has 4 aliphatic carbocycles. The summed E-state index contributed by atoms with van der Waals surface area (Å²) in [6, 6.07) is 0. The van der Waals surface area contributed by atoms with E-state index in [1.54, 1.807) is 6.92 Å². The monoisotopic (exact) mass is 488 g/mol. The number of alkyl halides is 1. The summed E-state index contributed by atoms with van der Waals surface area (Å²) in [5, 5.41) is 0. The van der Waals surface area contributed by atoms with Gasteiger partial charge in [-0.2, -0.15) is 0 Å². The molecule has 0 N–H and O–H groups in total. The van der Waals surface area contributed by atoms with Crippen molar-refractivity contribution in [3.8, 4) is 0 Å². The molecule has 1 atom stereocenters. The quantitative estimate of drug-likeness (QED) is 0.219. The molecule has 4 fully saturated rings. The number of hydrogen-bond acceptors (Lipinski definition) is 1. The van der Waals surface area contributed by atoms with Crippen molar-refractivity contribution in [2.45, 2.75) is 148 Å². The van der Waals surface area contributed by atoms with Gasteiger partial charge in [-0.1, -0.05) is 38.3 Å². The average Bonchev–Trinajstić information content (AvgIpc) is 2.89. The van der Waals surface area contributed by atoms with Crippen molar-refractivity contribution in [1.82, 2.24) is 0 Å². The lowest BCUT2D eigenvalue weighted by Crippen LogP contribution is -2.30. The summed E-state index contributed by atoms with van der Waals surface area (Å²) in [4.78, 5) is 0. The van der Waals surface area contributed by atoms with Crippen LogP contribution in [0.1, 0.15) is 136 Å². The summed E-state index contributed by atoms with van der Waals surface area (Å²) in [6.45, 7) is 4.96. The van der Waals surface area contributed by atoms with Gasteiger partial charge in [-0.15, -0.1) is 0 Å².